The van der Waals surface area contributed by atoms with Crippen molar-refractivity contribution in [3.05, 3.63) is 23.8 Å². The van der Waals surface area contributed by atoms with Crippen molar-refractivity contribution in [2.24, 2.45) is 0 Å². The molecule has 1 heterocycles. The number of carbonyl (C=O) groups excluding carboxylic acids is 1. The maximum Gasteiger partial charge on any atom is 0.260 e. The second-order valence-electron chi connectivity index (χ2n) is 7.34. The van der Waals surface area contributed by atoms with E-state index in [2.05, 4.69) is 5.32 Å². The van der Waals surface area contributed by atoms with Gasteiger partial charge in [0, 0.05) is 25.7 Å². The first-order chi connectivity index (χ1) is 13.3. The standard InChI is InChI=1S/C21H32N2O4/c1-25-20-14-17(15-22-18-6-4-2-3-5-7-18)8-9-19(20)27-16-21(24)23-10-12-26-13-11-23/h8-9,14,18,22H,2-7,10-13,15-16H2,1H3. The van der Waals surface area contributed by atoms with Crippen molar-refractivity contribution in [1.82, 2.24) is 10.2 Å². The lowest BCUT2D eigenvalue weighted by Crippen LogP contribution is -2.43. The zero-order valence-electron chi connectivity index (χ0n) is 16.4. The van der Waals surface area contributed by atoms with Crippen LogP contribution < -0.4 is 14.8 Å². The highest BCUT2D eigenvalue weighted by molar-refractivity contribution is 5.78. The van der Waals surface area contributed by atoms with Gasteiger partial charge in [-0.25, -0.2) is 0 Å². The molecule has 150 valence electrons. The van der Waals surface area contributed by atoms with Crippen molar-refractivity contribution in [3.63, 3.8) is 0 Å². The Kier molecular flexibility index (Phi) is 7.78. The average molecular weight is 376 g/mol. The summed E-state index contributed by atoms with van der Waals surface area (Å²) in [5, 5.41) is 3.67. The fourth-order valence-electron chi connectivity index (χ4n) is 3.73. The van der Waals surface area contributed by atoms with Crippen molar-refractivity contribution in [3.8, 4) is 11.5 Å². The van der Waals surface area contributed by atoms with Crippen LogP contribution in [0.4, 0.5) is 0 Å². The molecule has 6 heteroatoms. The van der Waals surface area contributed by atoms with Gasteiger partial charge in [0.2, 0.25) is 0 Å². The number of hydrogen-bond donors (Lipinski definition) is 1. The molecule has 0 radical (unpaired) electrons. The molecule has 27 heavy (non-hydrogen) atoms. The highest BCUT2D eigenvalue weighted by Gasteiger charge is 2.18. The van der Waals surface area contributed by atoms with E-state index < -0.39 is 0 Å². The zero-order valence-corrected chi connectivity index (χ0v) is 16.4. The van der Waals surface area contributed by atoms with Gasteiger partial charge in [-0.05, 0) is 30.5 Å². The molecule has 1 amide bonds. The number of nitrogens with one attached hydrogen (secondary N) is 1. The molecule has 0 aromatic heterocycles. The highest BCUT2D eigenvalue weighted by atomic mass is 16.5. The lowest BCUT2D eigenvalue weighted by atomic mass is 10.1. The van der Waals surface area contributed by atoms with E-state index in [0.717, 1.165) is 6.54 Å². The summed E-state index contributed by atoms with van der Waals surface area (Å²) in [6.45, 7) is 3.30. The number of ether oxygens (including phenoxy) is 3. The number of hydrogen-bond acceptors (Lipinski definition) is 5. The van der Waals surface area contributed by atoms with Gasteiger partial charge in [0.25, 0.3) is 5.91 Å². The second kappa shape index (κ2) is 10.5. The normalized spacial score (nSPS) is 18.8. The summed E-state index contributed by atoms with van der Waals surface area (Å²) in [5.41, 5.74) is 1.17. The summed E-state index contributed by atoms with van der Waals surface area (Å²) >= 11 is 0. The summed E-state index contributed by atoms with van der Waals surface area (Å²) in [4.78, 5) is 14.0. The molecule has 2 fully saturated rings. The molecule has 0 unspecified atom stereocenters. The van der Waals surface area contributed by atoms with E-state index in [-0.39, 0.29) is 12.5 Å². The van der Waals surface area contributed by atoms with Gasteiger partial charge in [-0.3, -0.25) is 4.79 Å². The van der Waals surface area contributed by atoms with Gasteiger partial charge < -0.3 is 24.4 Å². The van der Waals surface area contributed by atoms with E-state index >= 15 is 0 Å². The molecule has 1 aromatic rings. The third-order valence-corrected chi connectivity index (χ3v) is 5.39. The molecule has 6 nitrogen and oxygen atoms in total. The van der Waals surface area contributed by atoms with Crippen LogP contribution in [-0.2, 0) is 16.1 Å². The molecule has 1 aromatic carbocycles. The predicted molar refractivity (Wildman–Crippen MR) is 104 cm³/mol. The summed E-state index contributed by atoms with van der Waals surface area (Å²) in [5.74, 6) is 1.27. The summed E-state index contributed by atoms with van der Waals surface area (Å²) < 4.78 is 16.5. The summed E-state index contributed by atoms with van der Waals surface area (Å²) in [6, 6.07) is 6.55. The largest absolute Gasteiger partial charge is 0.493 e. The van der Waals surface area contributed by atoms with Gasteiger partial charge in [-0.1, -0.05) is 31.7 Å². The van der Waals surface area contributed by atoms with Crippen molar-refractivity contribution in [1.29, 1.82) is 0 Å². The summed E-state index contributed by atoms with van der Waals surface area (Å²) in [6.07, 6.45) is 7.91. The monoisotopic (exact) mass is 376 g/mol. The van der Waals surface area contributed by atoms with Gasteiger partial charge in [0.05, 0.1) is 20.3 Å². The number of methoxy groups -OCH3 is 1. The lowest BCUT2D eigenvalue weighted by molar-refractivity contribution is -0.137. The Labute approximate surface area is 162 Å². The second-order valence-corrected chi connectivity index (χ2v) is 7.34. The Hall–Kier alpha value is -1.79. The van der Waals surface area contributed by atoms with E-state index in [0.29, 0.717) is 43.8 Å². The van der Waals surface area contributed by atoms with Crippen LogP contribution >= 0.6 is 0 Å². The number of morpholine rings is 1. The molecule has 1 aliphatic heterocycles. The molecule has 3 rings (SSSR count). The fourth-order valence-corrected chi connectivity index (χ4v) is 3.73. The molecule has 0 spiro atoms. The van der Waals surface area contributed by atoms with Gasteiger partial charge >= 0.3 is 0 Å². The number of amides is 1. The predicted octanol–water partition coefficient (Wildman–Crippen LogP) is 2.75. The third-order valence-electron chi connectivity index (χ3n) is 5.39. The number of nitrogens with zero attached hydrogens (tertiary/aromatic N) is 1. The number of rotatable bonds is 7. The van der Waals surface area contributed by atoms with Crippen LogP contribution in [0.3, 0.4) is 0 Å². The van der Waals surface area contributed by atoms with Crippen LogP contribution in [0.15, 0.2) is 18.2 Å². The van der Waals surface area contributed by atoms with Gasteiger partial charge in [0.1, 0.15) is 0 Å². The van der Waals surface area contributed by atoms with E-state index in [1.165, 1.54) is 44.1 Å². The van der Waals surface area contributed by atoms with Crippen LogP contribution in [0, 0.1) is 0 Å². The highest BCUT2D eigenvalue weighted by Crippen LogP contribution is 2.28. The zero-order chi connectivity index (χ0) is 18.9. The van der Waals surface area contributed by atoms with Crippen LogP contribution in [-0.4, -0.2) is 56.9 Å². The Morgan fingerprint density at radius 3 is 2.59 bits per heavy atom. The third kappa shape index (κ3) is 6.11. The van der Waals surface area contributed by atoms with E-state index in [1.54, 1.807) is 12.0 Å². The maximum atomic E-state index is 12.2. The minimum Gasteiger partial charge on any atom is -0.493 e. The molecular weight excluding hydrogens is 344 g/mol. The minimum absolute atomic E-state index is 0.0144. The van der Waals surface area contributed by atoms with Gasteiger partial charge in [0.15, 0.2) is 18.1 Å². The molecule has 0 bridgehead atoms. The van der Waals surface area contributed by atoms with E-state index in [4.69, 9.17) is 14.2 Å². The SMILES string of the molecule is COc1cc(CNC2CCCCCC2)ccc1OCC(=O)N1CCOCC1. The van der Waals surface area contributed by atoms with Crippen molar-refractivity contribution < 1.29 is 19.0 Å². The Balaban J connectivity index is 1.51. The quantitative estimate of drug-likeness (QED) is 0.742. The first kappa shape index (κ1) is 20.0. The molecule has 1 N–H and O–H groups in total. The van der Waals surface area contributed by atoms with Crippen molar-refractivity contribution in [2.75, 3.05) is 40.0 Å². The first-order valence-electron chi connectivity index (χ1n) is 10.1. The molecule has 1 aliphatic carbocycles. The topological polar surface area (TPSA) is 60.0 Å². The Morgan fingerprint density at radius 2 is 1.89 bits per heavy atom. The van der Waals surface area contributed by atoms with Crippen molar-refractivity contribution >= 4 is 5.91 Å². The fraction of sp³-hybridized carbons (Fsp3) is 0.667. The molecule has 1 saturated heterocycles. The van der Waals surface area contributed by atoms with Gasteiger partial charge in [-0.2, -0.15) is 0 Å². The first-order valence-corrected chi connectivity index (χ1v) is 10.1. The number of carbonyl (C=O) groups is 1. The van der Waals surface area contributed by atoms with E-state index in [1.807, 2.05) is 18.2 Å². The lowest BCUT2D eigenvalue weighted by Gasteiger charge is -2.26. The average Bonchev–Trinajstić information content (AvgIpc) is 3.00. The molecule has 0 atom stereocenters. The van der Waals surface area contributed by atoms with Crippen LogP contribution in [0.2, 0.25) is 0 Å². The van der Waals surface area contributed by atoms with Crippen LogP contribution in [0.5, 0.6) is 11.5 Å². The summed E-state index contributed by atoms with van der Waals surface area (Å²) in [7, 11) is 1.63. The van der Waals surface area contributed by atoms with Crippen LogP contribution in [0.1, 0.15) is 44.1 Å². The maximum absolute atomic E-state index is 12.2. The van der Waals surface area contributed by atoms with Gasteiger partial charge in [-0.15, -0.1) is 0 Å². The Morgan fingerprint density at radius 1 is 1.15 bits per heavy atom. The minimum atomic E-state index is -0.0144. The van der Waals surface area contributed by atoms with Crippen molar-refractivity contribution in [2.45, 2.75) is 51.1 Å². The molecule has 2 aliphatic rings. The molecule has 1 saturated carbocycles. The van der Waals surface area contributed by atoms with E-state index in [9.17, 15) is 4.79 Å². The number of benzene rings is 1. The van der Waals surface area contributed by atoms with Crippen LogP contribution in [0.25, 0.3) is 0 Å². The smallest absolute Gasteiger partial charge is 0.260 e. The Bertz CT molecular complexity index is 594. The molecular formula is C21H32N2O4.